The van der Waals surface area contributed by atoms with E-state index in [2.05, 4.69) is 11.9 Å². The van der Waals surface area contributed by atoms with E-state index in [-0.39, 0.29) is 17.7 Å². The van der Waals surface area contributed by atoms with Crippen molar-refractivity contribution >= 4 is 5.78 Å². The quantitative estimate of drug-likeness (QED) is 0.658. The predicted octanol–water partition coefficient (Wildman–Crippen LogP) is 2.38. The first-order valence-corrected chi connectivity index (χ1v) is 7.05. The van der Waals surface area contributed by atoms with E-state index >= 15 is 0 Å². The first-order chi connectivity index (χ1) is 8.74. The second-order valence-corrected chi connectivity index (χ2v) is 5.22. The fourth-order valence-corrected chi connectivity index (χ4v) is 2.78. The summed E-state index contributed by atoms with van der Waals surface area (Å²) < 4.78 is 1.96. The van der Waals surface area contributed by atoms with E-state index < -0.39 is 0 Å². The Balaban J connectivity index is 2.15. The van der Waals surface area contributed by atoms with Gasteiger partial charge in [0.1, 0.15) is 0 Å². The summed E-state index contributed by atoms with van der Waals surface area (Å²) >= 11 is 0. The Morgan fingerprint density at radius 1 is 1.44 bits per heavy atom. The van der Waals surface area contributed by atoms with Crippen LogP contribution < -0.4 is 5.73 Å². The molecule has 2 N–H and O–H groups in total. The van der Waals surface area contributed by atoms with E-state index in [1.165, 1.54) is 6.42 Å². The molecule has 1 aliphatic rings. The maximum Gasteiger partial charge on any atom is 0.202 e. The first kappa shape index (κ1) is 13.3. The van der Waals surface area contributed by atoms with Gasteiger partial charge in [-0.2, -0.15) is 0 Å². The van der Waals surface area contributed by atoms with Crippen molar-refractivity contribution in [3.05, 3.63) is 18.2 Å². The lowest BCUT2D eigenvalue weighted by Crippen LogP contribution is -2.35. The average Bonchev–Trinajstić information content (AvgIpc) is 2.71. The molecule has 1 aromatic heterocycles. The van der Waals surface area contributed by atoms with E-state index in [9.17, 15) is 4.79 Å². The van der Waals surface area contributed by atoms with Crippen LogP contribution in [0.1, 0.15) is 56.1 Å². The van der Waals surface area contributed by atoms with Gasteiger partial charge in [0.05, 0.1) is 0 Å². The van der Waals surface area contributed by atoms with Crippen molar-refractivity contribution in [3.63, 3.8) is 0 Å². The number of aryl methyl sites for hydroxylation is 1. The number of Topliss-reactive ketones (excluding diaryl/α,β-unsaturated/α-hetero) is 1. The maximum absolute atomic E-state index is 12.6. The molecule has 0 radical (unpaired) electrons. The zero-order valence-electron chi connectivity index (χ0n) is 11.1. The fraction of sp³-hybridized carbons (Fsp3) is 0.714. The van der Waals surface area contributed by atoms with Gasteiger partial charge in [-0.25, -0.2) is 4.98 Å². The van der Waals surface area contributed by atoms with Crippen molar-refractivity contribution < 1.29 is 4.79 Å². The molecule has 0 aliphatic heterocycles. The highest BCUT2D eigenvalue weighted by molar-refractivity contribution is 5.95. The van der Waals surface area contributed by atoms with Crippen molar-refractivity contribution in [3.8, 4) is 0 Å². The third-order valence-corrected chi connectivity index (χ3v) is 3.81. The molecule has 2 atom stereocenters. The first-order valence-electron chi connectivity index (χ1n) is 7.05. The Labute approximate surface area is 109 Å². The average molecular weight is 249 g/mol. The normalized spacial score (nSPS) is 24.8. The van der Waals surface area contributed by atoms with Gasteiger partial charge >= 0.3 is 0 Å². The number of carbonyl (C=O) groups excluding carboxylic acids is 1. The minimum Gasteiger partial charge on any atom is -0.329 e. The monoisotopic (exact) mass is 249 g/mol. The second-order valence-electron chi connectivity index (χ2n) is 5.22. The van der Waals surface area contributed by atoms with Crippen LogP contribution in [0.15, 0.2) is 12.4 Å². The van der Waals surface area contributed by atoms with E-state index in [0.29, 0.717) is 5.82 Å². The van der Waals surface area contributed by atoms with Gasteiger partial charge in [0.25, 0.3) is 0 Å². The van der Waals surface area contributed by atoms with Gasteiger partial charge in [0.15, 0.2) is 5.82 Å². The van der Waals surface area contributed by atoms with Crippen LogP contribution in [0.2, 0.25) is 0 Å². The van der Waals surface area contributed by atoms with E-state index in [4.69, 9.17) is 5.73 Å². The summed E-state index contributed by atoms with van der Waals surface area (Å²) in [5.74, 6) is 0.701. The van der Waals surface area contributed by atoms with Crippen LogP contribution in [0.5, 0.6) is 0 Å². The molecule has 1 saturated carbocycles. The summed E-state index contributed by atoms with van der Waals surface area (Å²) in [6, 6.07) is 0.00627. The number of rotatable bonds is 4. The highest BCUT2D eigenvalue weighted by Crippen LogP contribution is 2.25. The molecule has 0 bridgehead atoms. The number of nitrogens with zero attached hydrogens (tertiary/aromatic N) is 2. The zero-order valence-corrected chi connectivity index (χ0v) is 11.1. The number of carbonyl (C=O) groups is 1. The van der Waals surface area contributed by atoms with Crippen molar-refractivity contribution in [1.82, 2.24) is 9.55 Å². The lowest BCUT2D eigenvalue weighted by atomic mass is 9.90. The van der Waals surface area contributed by atoms with Crippen LogP contribution in [-0.4, -0.2) is 21.4 Å². The molecule has 0 amide bonds. The maximum atomic E-state index is 12.6. The standard InChI is InChI=1S/C14H23N3O/c1-2-9-17-10-8-16-14(17)13(18)11-6-4-3-5-7-12(11)15/h8,10-12H,2-7,9,15H2,1H3. The third-order valence-electron chi connectivity index (χ3n) is 3.81. The van der Waals surface area contributed by atoms with E-state index in [0.717, 1.165) is 38.6 Å². The Hall–Kier alpha value is -1.16. The Kier molecular flexibility index (Phi) is 4.53. The summed E-state index contributed by atoms with van der Waals surface area (Å²) in [5.41, 5.74) is 6.15. The molecule has 1 aromatic rings. The van der Waals surface area contributed by atoms with Gasteiger partial charge in [-0.3, -0.25) is 4.79 Å². The number of imidazole rings is 1. The third kappa shape index (κ3) is 2.80. The number of hydrogen-bond donors (Lipinski definition) is 1. The van der Waals surface area contributed by atoms with Crippen molar-refractivity contribution in [2.24, 2.45) is 11.7 Å². The SMILES string of the molecule is CCCn1ccnc1C(=O)C1CCCCCC1N. The van der Waals surface area contributed by atoms with E-state index in [1.807, 2.05) is 10.8 Å². The highest BCUT2D eigenvalue weighted by atomic mass is 16.1. The fourth-order valence-electron chi connectivity index (χ4n) is 2.78. The van der Waals surface area contributed by atoms with Crippen molar-refractivity contribution in [1.29, 1.82) is 0 Å². The van der Waals surface area contributed by atoms with Crippen molar-refractivity contribution in [2.75, 3.05) is 0 Å². The second kappa shape index (κ2) is 6.14. The van der Waals surface area contributed by atoms with Gasteiger partial charge in [-0.05, 0) is 19.3 Å². The summed E-state index contributed by atoms with van der Waals surface area (Å²) in [4.78, 5) is 16.8. The molecule has 0 saturated heterocycles. The largest absolute Gasteiger partial charge is 0.329 e. The molecule has 1 aliphatic carbocycles. The molecular formula is C14H23N3O. The molecule has 100 valence electrons. The minimum absolute atomic E-state index is 0.00627. The van der Waals surface area contributed by atoms with Crippen LogP contribution in [0, 0.1) is 5.92 Å². The molecule has 0 aromatic carbocycles. The predicted molar refractivity (Wildman–Crippen MR) is 71.4 cm³/mol. The van der Waals surface area contributed by atoms with Gasteiger partial charge in [-0.15, -0.1) is 0 Å². The van der Waals surface area contributed by atoms with Gasteiger partial charge in [0, 0.05) is 30.9 Å². The number of ketones is 1. The number of nitrogens with two attached hydrogens (primary N) is 1. The van der Waals surface area contributed by atoms with Crippen molar-refractivity contribution in [2.45, 2.75) is 58.0 Å². The molecule has 2 unspecified atom stereocenters. The summed E-state index contributed by atoms with van der Waals surface area (Å²) in [7, 11) is 0. The van der Waals surface area contributed by atoms with Crippen LogP contribution >= 0.6 is 0 Å². The number of aromatic nitrogens is 2. The lowest BCUT2D eigenvalue weighted by molar-refractivity contribution is 0.0879. The van der Waals surface area contributed by atoms with Crippen LogP contribution in [-0.2, 0) is 6.54 Å². The van der Waals surface area contributed by atoms with Crippen LogP contribution in [0.4, 0.5) is 0 Å². The lowest BCUT2D eigenvalue weighted by Gasteiger charge is -2.20. The number of hydrogen-bond acceptors (Lipinski definition) is 3. The molecular weight excluding hydrogens is 226 g/mol. The van der Waals surface area contributed by atoms with Crippen LogP contribution in [0.25, 0.3) is 0 Å². The summed E-state index contributed by atoms with van der Waals surface area (Å²) in [6.45, 7) is 2.95. The Morgan fingerprint density at radius 2 is 2.22 bits per heavy atom. The highest BCUT2D eigenvalue weighted by Gasteiger charge is 2.30. The van der Waals surface area contributed by atoms with Crippen LogP contribution in [0.3, 0.4) is 0 Å². The molecule has 18 heavy (non-hydrogen) atoms. The Morgan fingerprint density at radius 3 is 3.00 bits per heavy atom. The smallest absolute Gasteiger partial charge is 0.202 e. The minimum atomic E-state index is -0.0366. The molecule has 1 fully saturated rings. The summed E-state index contributed by atoms with van der Waals surface area (Å²) in [5, 5.41) is 0. The van der Waals surface area contributed by atoms with Gasteiger partial charge < -0.3 is 10.3 Å². The van der Waals surface area contributed by atoms with E-state index in [1.54, 1.807) is 6.20 Å². The van der Waals surface area contributed by atoms with Gasteiger partial charge in [0.2, 0.25) is 5.78 Å². The molecule has 1 heterocycles. The molecule has 4 nitrogen and oxygen atoms in total. The molecule has 4 heteroatoms. The Bertz CT molecular complexity index is 399. The molecule has 0 spiro atoms. The van der Waals surface area contributed by atoms with Gasteiger partial charge in [-0.1, -0.05) is 26.2 Å². The zero-order chi connectivity index (χ0) is 13.0. The molecule has 2 rings (SSSR count). The summed E-state index contributed by atoms with van der Waals surface area (Å²) in [6.07, 6.45) is 9.94. The topological polar surface area (TPSA) is 60.9 Å².